The number of benzene rings is 1. The van der Waals surface area contributed by atoms with E-state index >= 15 is 0 Å². The van der Waals surface area contributed by atoms with Gasteiger partial charge in [-0.1, -0.05) is 26.0 Å². The van der Waals surface area contributed by atoms with Crippen molar-refractivity contribution in [3.05, 3.63) is 29.8 Å². The van der Waals surface area contributed by atoms with Crippen molar-refractivity contribution in [3.63, 3.8) is 0 Å². The number of hydrogen-bond acceptors (Lipinski definition) is 3. The van der Waals surface area contributed by atoms with Crippen LogP contribution in [0.15, 0.2) is 24.3 Å². The van der Waals surface area contributed by atoms with Gasteiger partial charge in [0.15, 0.2) is 0 Å². The van der Waals surface area contributed by atoms with E-state index in [0.29, 0.717) is 12.0 Å². The number of halogens is 2. The Labute approximate surface area is 141 Å². The summed E-state index contributed by atoms with van der Waals surface area (Å²) in [7, 11) is 1.74. The van der Waals surface area contributed by atoms with Crippen LogP contribution in [0.4, 0.5) is 0 Å². The molecule has 122 valence electrons. The molecule has 1 N–H and O–H groups in total. The Morgan fingerprint density at radius 2 is 1.86 bits per heavy atom. The fraction of sp³-hybridized carbons (Fsp3) is 0.625. The maximum Gasteiger partial charge on any atom is 0.119 e. The van der Waals surface area contributed by atoms with E-state index in [0.717, 1.165) is 31.9 Å². The number of rotatable bonds is 5. The third kappa shape index (κ3) is 6.03. The standard InChI is InChI=1S/C16H26N2O.2ClH/c1-13(2)11-16(18-9-7-17-8-10-18)14-5-4-6-15(12-14)19-3;;/h4-6,12-13,16-17H,7-11H2,1-3H3;2*1H/t16-;;/m1../s1. The molecule has 5 heteroatoms. The minimum Gasteiger partial charge on any atom is -0.497 e. The van der Waals surface area contributed by atoms with Gasteiger partial charge in [-0.25, -0.2) is 0 Å². The van der Waals surface area contributed by atoms with E-state index in [2.05, 4.69) is 42.3 Å². The largest absolute Gasteiger partial charge is 0.497 e. The molecule has 0 bridgehead atoms. The molecule has 0 amide bonds. The molecule has 1 saturated heterocycles. The van der Waals surface area contributed by atoms with Gasteiger partial charge in [0.25, 0.3) is 0 Å². The molecule has 2 rings (SSSR count). The lowest BCUT2D eigenvalue weighted by Gasteiger charge is -2.36. The fourth-order valence-electron chi connectivity index (χ4n) is 2.79. The Balaban J connectivity index is 0.00000200. The topological polar surface area (TPSA) is 24.5 Å². The molecule has 3 nitrogen and oxygen atoms in total. The van der Waals surface area contributed by atoms with E-state index < -0.39 is 0 Å². The summed E-state index contributed by atoms with van der Waals surface area (Å²) in [5, 5.41) is 3.43. The van der Waals surface area contributed by atoms with Crippen LogP contribution >= 0.6 is 24.8 Å². The van der Waals surface area contributed by atoms with Gasteiger partial charge in [-0.2, -0.15) is 0 Å². The molecule has 0 unspecified atom stereocenters. The summed E-state index contributed by atoms with van der Waals surface area (Å²) in [6, 6.07) is 9.06. The minimum absolute atomic E-state index is 0. The zero-order chi connectivity index (χ0) is 13.7. The van der Waals surface area contributed by atoms with Crippen LogP contribution in [-0.4, -0.2) is 38.2 Å². The van der Waals surface area contributed by atoms with Gasteiger partial charge in [-0.3, -0.25) is 4.90 Å². The summed E-state index contributed by atoms with van der Waals surface area (Å²) in [4.78, 5) is 2.60. The third-order valence-corrected chi connectivity index (χ3v) is 3.77. The molecule has 1 aliphatic heterocycles. The zero-order valence-corrected chi connectivity index (χ0v) is 14.8. The molecule has 1 atom stereocenters. The van der Waals surface area contributed by atoms with Crippen LogP contribution in [-0.2, 0) is 0 Å². The molecule has 0 radical (unpaired) electrons. The first kappa shape index (κ1) is 20.5. The number of nitrogens with zero attached hydrogens (tertiary/aromatic N) is 1. The highest BCUT2D eigenvalue weighted by Gasteiger charge is 2.23. The second-order valence-electron chi connectivity index (χ2n) is 5.71. The predicted molar refractivity (Wildman–Crippen MR) is 94.1 cm³/mol. The van der Waals surface area contributed by atoms with Gasteiger partial charge in [-0.05, 0) is 30.0 Å². The van der Waals surface area contributed by atoms with E-state index in [1.807, 2.05) is 6.07 Å². The zero-order valence-electron chi connectivity index (χ0n) is 13.2. The predicted octanol–water partition coefficient (Wildman–Crippen LogP) is 3.53. The number of hydrogen-bond donors (Lipinski definition) is 1. The molecular weight excluding hydrogens is 307 g/mol. The molecule has 1 aliphatic rings. The molecule has 0 spiro atoms. The monoisotopic (exact) mass is 334 g/mol. The SMILES string of the molecule is COc1cccc([C@@H](CC(C)C)N2CCNCC2)c1.Cl.Cl. The van der Waals surface area contributed by atoms with Crippen LogP contribution in [0.5, 0.6) is 5.75 Å². The van der Waals surface area contributed by atoms with Gasteiger partial charge in [-0.15, -0.1) is 24.8 Å². The lowest BCUT2D eigenvalue weighted by atomic mass is 9.95. The minimum atomic E-state index is 0. The van der Waals surface area contributed by atoms with Crippen LogP contribution in [0.2, 0.25) is 0 Å². The second-order valence-corrected chi connectivity index (χ2v) is 5.71. The normalized spacial score (nSPS) is 16.8. The van der Waals surface area contributed by atoms with Crippen molar-refractivity contribution in [3.8, 4) is 5.75 Å². The van der Waals surface area contributed by atoms with Crippen molar-refractivity contribution < 1.29 is 4.74 Å². The van der Waals surface area contributed by atoms with Crippen molar-refractivity contribution >= 4 is 24.8 Å². The summed E-state index contributed by atoms with van der Waals surface area (Å²) in [5.74, 6) is 1.66. The van der Waals surface area contributed by atoms with Gasteiger partial charge in [0.2, 0.25) is 0 Å². The van der Waals surface area contributed by atoms with Gasteiger partial charge >= 0.3 is 0 Å². The molecule has 1 aromatic carbocycles. The second kappa shape index (κ2) is 10.3. The van der Waals surface area contributed by atoms with Crippen molar-refractivity contribution in [2.45, 2.75) is 26.3 Å². The number of ether oxygens (including phenoxy) is 1. The Kier molecular flexibility index (Phi) is 10.0. The van der Waals surface area contributed by atoms with Crippen LogP contribution in [0.1, 0.15) is 31.9 Å². The average Bonchev–Trinajstić information content (AvgIpc) is 2.45. The van der Waals surface area contributed by atoms with E-state index in [9.17, 15) is 0 Å². The molecular formula is C16H28Cl2N2O. The Morgan fingerprint density at radius 1 is 1.19 bits per heavy atom. The molecule has 1 aromatic rings. The first-order valence-corrected chi connectivity index (χ1v) is 7.29. The Morgan fingerprint density at radius 3 is 2.43 bits per heavy atom. The van der Waals surface area contributed by atoms with Crippen molar-refractivity contribution in [2.75, 3.05) is 33.3 Å². The van der Waals surface area contributed by atoms with Gasteiger partial charge in [0.05, 0.1) is 7.11 Å². The fourth-order valence-corrected chi connectivity index (χ4v) is 2.79. The highest BCUT2D eigenvalue weighted by Crippen LogP contribution is 2.30. The van der Waals surface area contributed by atoms with E-state index in [4.69, 9.17) is 4.74 Å². The summed E-state index contributed by atoms with van der Waals surface area (Å²) in [6.45, 7) is 9.06. The molecule has 0 saturated carbocycles. The Hall–Kier alpha value is -0.480. The van der Waals surface area contributed by atoms with Crippen LogP contribution in [0.3, 0.4) is 0 Å². The van der Waals surface area contributed by atoms with Gasteiger partial charge in [0, 0.05) is 32.2 Å². The maximum absolute atomic E-state index is 5.37. The number of methoxy groups -OCH3 is 1. The maximum atomic E-state index is 5.37. The average molecular weight is 335 g/mol. The molecule has 1 fully saturated rings. The highest BCUT2D eigenvalue weighted by atomic mass is 35.5. The molecule has 21 heavy (non-hydrogen) atoms. The molecule has 1 heterocycles. The highest BCUT2D eigenvalue weighted by molar-refractivity contribution is 5.85. The van der Waals surface area contributed by atoms with E-state index in [-0.39, 0.29) is 24.8 Å². The summed E-state index contributed by atoms with van der Waals surface area (Å²) in [5.41, 5.74) is 1.38. The van der Waals surface area contributed by atoms with Gasteiger partial charge < -0.3 is 10.1 Å². The van der Waals surface area contributed by atoms with Crippen LogP contribution in [0, 0.1) is 5.92 Å². The van der Waals surface area contributed by atoms with E-state index in [1.54, 1.807) is 7.11 Å². The number of nitrogens with one attached hydrogen (secondary N) is 1. The number of piperazine rings is 1. The first-order valence-electron chi connectivity index (χ1n) is 7.29. The quantitative estimate of drug-likeness (QED) is 0.891. The lowest BCUT2D eigenvalue weighted by molar-refractivity contribution is 0.154. The summed E-state index contributed by atoms with van der Waals surface area (Å²) >= 11 is 0. The smallest absolute Gasteiger partial charge is 0.119 e. The van der Waals surface area contributed by atoms with Crippen LogP contribution < -0.4 is 10.1 Å². The molecule has 0 aromatic heterocycles. The third-order valence-electron chi connectivity index (χ3n) is 3.77. The van der Waals surface area contributed by atoms with E-state index in [1.165, 1.54) is 12.0 Å². The van der Waals surface area contributed by atoms with Crippen LogP contribution in [0.25, 0.3) is 0 Å². The lowest BCUT2D eigenvalue weighted by Crippen LogP contribution is -2.45. The summed E-state index contributed by atoms with van der Waals surface area (Å²) in [6.07, 6.45) is 1.20. The van der Waals surface area contributed by atoms with Gasteiger partial charge in [0.1, 0.15) is 5.75 Å². The summed E-state index contributed by atoms with van der Waals surface area (Å²) < 4.78 is 5.37. The van der Waals surface area contributed by atoms with Crippen molar-refractivity contribution in [1.82, 2.24) is 10.2 Å². The Bertz CT molecular complexity index is 396. The first-order chi connectivity index (χ1) is 9.20. The van der Waals surface area contributed by atoms with Crippen molar-refractivity contribution in [2.24, 2.45) is 5.92 Å². The van der Waals surface area contributed by atoms with Crippen molar-refractivity contribution in [1.29, 1.82) is 0 Å². The molecule has 0 aliphatic carbocycles.